The van der Waals surface area contributed by atoms with Crippen molar-refractivity contribution in [2.45, 2.75) is 39.5 Å². The van der Waals surface area contributed by atoms with Crippen molar-refractivity contribution in [2.75, 3.05) is 12.0 Å². The van der Waals surface area contributed by atoms with E-state index in [2.05, 4.69) is 22.7 Å². The van der Waals surface area contributed by atoms with Gasteiger partial charge in [-0.15, -0.1) is 0 Å². The molecule has 5 nitrogen and oxygen atoms in total. The predicted molar refractivity (Wildman–Crippen MR) is 80.3 cm³/mol. The molecule has 1 aliphatic carbocycles. The lowest BCUT2D eigenvalue weighted by Crippen LogP contribution is -2.30. The maximum atomic E-state index is 12.2. The lowest BCUT2D eigenvalue weighted by Gasteiger charge is -2.16. The number of aromatic nitrogens is 1. The van der Waals surface area contributed by atoms with Crippen LogP contribution in [0.5, 0.6) is 0 Å². The van der Waals surface area contributed by atoms with E-state index in [1.54, 1.807) is 6.07 Å². The number of nitrogens with one attached hydrogen (secondary N) is 2. The van der Waals surface area contributed by atoms with E-state index in [0.29, 0.717) is 23.2 Å². The molecular formula is C15H24N4O. The van der Waals surface area contributed by atoms with Crippen LogP contribution in [0.2, 0.25) is 0 Å². The van der Waals surface area contributed by atoms with E-state index < -0.39 is 0 Å². The largest absolute Gasteiger partial charge is 0.352 e. The number of pyridine rings is 1. The molecule has 2 rings (SSSR count). The number of hydrazine groups is 1. The number of hydrogen-bond donors (Lipinski definition) is 3. The summed E-state index contributed by atoms with van der Waals surface area (Å²) in [4.78, 5) is 16.5. The highest BCUT2D eigenvalue weighted by Gasteiger charge is 2.23. The van der Waals surface area contributed by atoms with Gasteiger partial charge in [-0.1, -0.05) is 26.7 Å². The van der Waals surface area contributed by atoms with Crippen LogP contribution in [-0.2, 0) is 6.42 Å². The minimum absolute atomic E-state index is 0.0438. The Morgan fingerprint density at radius 3 is 2.85 bits per heavy atom. The molecule has 1 amide bonds. The Morgan fingerprint density at radius 2 is 2.25 bits per heavy atom. The maximum absolute atomic E-state index is 12.2. The number of carbonyl (C=O) groups is 1. The fraction of sp³-hybridized carbons (Fsp3) is 0.600. The van der Waals surface area contributed by atoms with Crippen molar-refractivity contribution < 1.29 is 4.79 Å². The van der Waals surface area contributed by atoms with E-state index >= 15 is 0 Å². The smallest absolute Gasteiger partial charge is 0.251 e. The van der Waals surface area contributed by atoms with Gasteiger partial charge in [0.25, 0.3) is 5.91 Å². The van der Waals surface area contributed by atoms with E-state index in [1.165, 1.54) is 19.3 Å². The molecule has 1 aromatic heterocycles. The van der Waals surface area contributed by atoms with Crippen molar-refractivity contribution in [2.24, 2.45) is 17.7 Å². The molecule has 5 heteroatoms. The zero-order valence-corrected chi connectivity index (χ0v) is 12.3. The highest BCUT2D eigenvalue weighted by molar-refractivity contribution is 5.95. The van der Waals surface area contributed by atoms with Crippen molar-refractivity contribution in [1.29, 1.82) is 0 Å². The van der Waals surface area contributed by atoms with Crippen molar-refractivity contribution in [3.05, 3.63) is 23.4 Å². The first-order valence-electron chi connectivity index (χ1n) is 7.39. The average molecular weight is 276 g/mol. The fourth-order valence-corrected chi connectivity index (χ4v) is 2.83. The summed E-state index contributed by atoms with van der Waals surface area (Å²) in [5, 5.41) is 3.04. The summed E-state index contributed by atoms with van der Waals surface area (Å²) < 4.78 is 0. The van der Waals surface area contributed by atoms with Gasteiger partial charge in [0.15, 0.2) is 0 Å². The van der Waals surface area contributed by atoms with Crippen molar-refractivity contribution in [3.8, 4) is 0 Å². The Morgan fingerprint density at radius 1 is 1.45 bits per heavy atom. The summed E-state index contributed by atoms with van der Waals surface area (Å²) in [7, 11) is 0. The molecule has 0 aromatic carbocycles. The Balaban J connectivity index is 2.01. The van der Waals surface area contributed by atoms with Crippen molar-refractivity contribution in [3.63, 3.8) is 0 Å². The summed E-state index contributed by atoms with van der Waals surface area (Å²) in [6.07, 6.45) is 4.54. The van der Waals surface area contributed by atoms with Gasteiger partial charge in [0.1, 0.15) is 5.82 Å². The predicted octanol–water partition coefficient (Wildman–Crippen LogP) is 2.10. The van der Waals surface area contributed by atoms with Crippen LogP contribution in [0.25, 0.3) is 0 Å². The number of aryl methyl sites for hydroxylation is 1. The number of nitrogen functional groups attached to an aromatic ring is 1. The molecule has 4 N–H and O–H groups in total. The van der Waals surface area contributed by atoms with Crippen LogP contribution in [0.4, 0.5) is 5.82 Å². The van der Waals surface area contributed by atoms with Crippen LogP contribution in [-0.4, -0.2) is 17.4 Å². The molecule has 1 saturated carbocycles. The van der Waals surface area contributed by atoms with E-state index in [1.807, 2.05) is 13.0 Å². The van der Waals surface area contributed by atoms with E-state index in [4.69, 9.17) is 5.84 Å². The first-order chi connectivity index (χ1) is 9.63. The van der Waals surface area contributed by atoms with Crippen molar-refractivity contribution >= 4 is 11.7 Å². The molecule has 1 heterocycles. The van der Waals surface area contributed by atoms with Gasteiger partial charge in [-0.3, -0.25) is 4.79 Å². The molecule has 0 aliphatic heterocycles. The quantitative estimate of drug-likeness (QED) is 0.568. The minimum atomic E-state index is -0.0438. The topological polar surface area (TPSA) is 80.0 Å². The molecule has 1 aromatic rings. The molecular weight excluding hydrogens is 252 g/mol. The number of anilines is 1. The minimum Gasteiger partial charge on any atom is -0.352 e. The second-order valence-electron chi connectivity index (χ2n) is 5.61. The maximum Gasteiger partial charge on any atom is 0.251 e. The summed E-state index contributed by atoms with van der Waals surface area (Å²) in [6, 6.07) is 3.51. The van der Waals surface area contributed by atoms with Gasteiger partial charge in [0.05, 0.1) is 0 Å². The Labute approximate surface area is 120 Å². The summed E-state index contributed by atoms with van der Waals surface area (Å²) in [6.45, 7) is 5.03. The van der Waals surface area contributed by atoms with Crippen molar-refractivity contribution in [1.82, 2.24) is 10.3 Å². The normalized spacial score (nSPS) is 21.8. The summed E-state index contributed by atoms with van der Waals surface area (Å²) >= 11 is 0. The third-order valence-corrected chi connectivity index (χ3v) is 4.21. The van der Waals surface area contributed by atoms with Crippen LogP contribution in [0, 0.1) is 11.8 Å². The fourth-order valence-electron chi connectivity index (χ4n) is 2.83. The summed E-state index contributed by atoms with van der Waals surface area (Å²) in [5.74, 6) is 7.20. The number of hydrogen-bond acceptors (Lipinski definition) is 4. The Bertz CT molecular complexity index is 453. The Hall–Kier alpha value is -1.62. The number of rotatable bonds is 5. The molecule has 0 saturated heterocycles. The lowest BCUT2D eigenvalue weighted by atomic mass is 9.98. The molecule has 1 aliphatic rings. The first-order valence-corrected chi connectivity index (χ1v) is 7.39. The van der Waals surface area contributed by atoms with Gasteiger partial charge >= 0.3 is 0 Å². The first kappa shape index (κ1) is 14.8. The molecule has 2 unspecified atom stereocenters. The third kappa shape index (κ3) is 3.48. The average Bonchev–Trinajstić information content (AvgIpc) is 2.89. The zero-order valence-electron chi connectivity index (χ0n) is 12.3. The molecule has 1 fully saturated rings. The number of nitrogens with zero attached hydrogens (tertiary/aromatic N) is 1. The van der Waals surface area contributed by atoms with Gasteiger partial charge in [-0.05, 0) is 36.8 Å². The van der Waals surface area contributed by atoms with Crippen LogP contribution in [0.3, 0.4) is 0 Å². The van der Waals surface area contributed by atoms with Gasteiger partial charge < -0.3 is 10.7 Å². The molecule has 0 radical (unpaired) electrons. The number of nitrogens with two attached hydrogens (primary N) is 1. The monoisotopic (exact) mass is 276 g/mol. The van der Waals surface area contributed by atoms with Gasteiger partial charge in [0, 0.05) is 17.8 Å². The van der Waals surface area contributed by atoms with Crippen LogP contribution >= 0.6 is 0 Å². The summed E-state index contributed by atoms with van der Waals surface area (Å²) in [5.41, 5.74) is 3.99. The third-order valence-electron chi connectivity index (χ3n) is 4.21. The molecule has 0 bridgehead atoms. The van der Waals surface area contributed by atoms with Gasteiger partial charge in [0.2, 0.25) is 0 Å². The molecule has 0 spiro atoms. The highest BCUT2D eigenvalue weighted by atomic mass is 16.1. The zero-order chi connectivity index (χ0) is 14.5. The van der Waals surface area contributed by atoms with Gasteiger partial charge in [-0.25, -0.2) is 10.8 Å². The molecule has 2 atom stereocenters. The lowest BCUT2D eigenvalue weighted by molar-refractivity contribution is 0.0944. The molecule has 110 valence electrons. The SMILES string of the molecule is CCc1cc(C(=O)NCC2CCCC2C)cc(NN)n1. The standard InChI is InChI=1S/C15H24N4O/c1-3-13-7-12(8-14(18-13)19-16)15(20)17-9-11-6-4-5-10(11)2/h7-8,10-11H,3-6,9,16H2,1-2H3,(H,17,20)(H,18,19). The Kier molecular flexibility index (Phi) is 4.95. The second-order valence-corrected chi connectivity index (χ2v) is 5.61. The van der Waals surface area contributed by atoms with E-state index in [9.17, 15) is 4.79 Å². The number of carbonyl (C=O) groups excluding carboxylic acids is 1. The van der Waals surface area contributed by atoms with E-state index in [-0.39, 0.29) is 5.91 Å². The van der Waals surface area contributed by atoms with Crippen LogP contribution in [0.1, 0.15) is 49.2 Å². The van der Waals surface area contributed by atoms with E-state index in [0.717, 1.165) is 18.7 Å². The van der Waals surface area contributed by atoms with Crippen LogP contribution in [0.15, 0.2) is 12.1 Å². The highest BCUT2D eigenvalue weighted by Crippen LogP contribution is 2.30. The second kappa shape index (κ2) is 6.70. The number of amides is 1. The van der Waals surface area contributed by atoms with Gasteiger partial charge in [-0.2, -0.15) is 0 Å². The van der Waals surface area contributed by atoms with Crippen LogP contribution < -0.4 is 16.6 Å². The molecule has 20 heavy (non-hydrogen) atoms.